The molecule has 3 N–H and O–H groups in total. The molecule has 1 heterocycles. The van der Waals surface area contributed by atoms with E-state index >= 15 is 0 Å². The first-order chi connectivity index (χ1) is 11.9. The normalized spacial score (nSPS) is 11.7. The van der Waals surface area contributed by atoms with E-state index in [9.17, 15) is 9.90 Å². The molecule has 0 saturated heterocycles. The van der Waals surface area contributed by atoms with Gasteiger partial charge in [-0.05, 0) is 37.1 Å². The SMILES string of the molecule is CNC(=O)C(O)CNc1nc(C)c(Cc2ccc(OC)cc2)c(C)n1. The second kappa shape index (κ2) is 8.43. The Hall–Kier alpha value is -2.67. The fraction of sp³-hybridized carbons (Fsp3) is 0.389. The summed E-state index contributed by atoms with van der Waals surface area (Å²) in [5.74, 6) is 0.774. The van der Waals surface area contributed by atoms with Gasteiger partial charge in [0.25, 0.3) is 0 Å². The molecule has 1 aromatic carbocycles. The summed E-state index contributed by atoms with van der Waals surface area (Å²) in [7, 11) is 3.12. The first-order valence-corrected chi connectivity index (χ1v) is 8.05. The van der Waals surface area contributed by atoms with E-state index in [1.54, 1.807) is 7.11 Å². The van der Waals surface area contributed by atoms with Gasteiger partial charge in [-0.15, -0.1) is 0 Å². The van der Waals surface area contributed by atoms with Crippen molar-refractivity contribution < 1.29 is 14.6 Å². The van der Waals surface area contributed by atoms with Gasteiger partial charge in [0.05, 0.1) is 13.7 Å². The van der Waals surface area contributed by atoms with Gasteiger partial charge in [0, 0.05) is 24.9 Å². The van der Waals surface area contributed by atoms with Crippen LogP contribution >= 0.6 is 0 Å². The number of anilines is 1. The number of likely N-dealkylation sites (N-methyl/N-ethyl adjacent to an activating group) is 1. The second-order valence-corrected chi connectivity index (χ2v) is 5.73. The molecule has 0 aliphatic heterocycles. The van der Waals surface area contributed by atoms with E-state index in [2.05, 4.69) is 20.6 Å². The van der Waals surface area contributed by atoms with E-state index in [4.69, 9.17) is 4.74 Å². The summed E-state index contributed by atoms with van der Waals surface area (Å²) in [4.78, 5) is 20.2. The van der Waals surface area contributed by atoms with Crippen LogP contribution in [-0.4, -0.2) is 47.8 Å². The molecule has 2 aromatic rings. The number of methoxy groups -OCH3 is 1. The Balaban J connectivity index is 2.09. The highest BCUT2D eigenvalue weighted by molar-refractivity contribution is 5.80. The average Bonchev–Trinajstić information content (AvgIpc) is 2.62. The number of aliphatic hydroxyl groups excluding tert-OH is 1. The Labute approximate surface area is 147 Å². The molecule has 0 spiro atoms. The third kappa shape index (κ3) is 4.90. The molecule has 0 fully saturated rings. The third-order valence-corrected chi connectivity index (χ3v) is 3.96. The molecule has 1 amide bonds. The topological polar surface area (TPSA) is 96.4 Å². The number of aryl methyl sites for hydroxylation is 2. The van der Waals surface area contributed by atoms with Gasteiger partial charge in [0.15, 0.2) is 0 Å². The number of aromatic nitrogens is 2. The van der Waals surface area contributed by atoms with Crippen molar-refractivity contribution in [3.8, 4) is 5.75 Å². The van der Waals surface area contributed by atoms with Gasteiger partial charge in [-0.25, -0.2) is 9.97 Å². The van der Waals surface area contributed by atoms with Crippen LogP contribution in [0.25, 0.3) is 0 Å². The third-order valence-electron chi connectivity index (χ3n) is 3.96. The summed E-state index contributed by atoms with van der Waals surface area (Å²) in [5, 5.41) is 15.0. The Bertz CT molecular complexity index is 709. The molecular weight excluding hydrogens is 320 g/mol. The maximum Gasteiger partial charge on any atom is 0.250 e. The van der Waals surface area contributed by atoms with Crippen molar-refractivity contribution in [2.24, 2.45) is 0 Å². The molecule has 0 saturated carbocycles. The predicted octanol–water partition coefficient (Wildman–Crippen LogP) is 1.21. The van der Waals surface area contributed by atoms with Crippen molar-refractivity contribution in [1.29, 1.82) is 0 Å². The molecule has 1 atom stereocenters. The maximum atomic E-state index is 11.3. The van der Waals surface area contributed by atoms with E-state index in [1.807, 2.05) is 38.1 Å². The summed E-state index contributed by atoms with van der Waals surface area (Å²) >= 11 is 0. The van der Waals surface area contributed by atoms with Crippen LogP contribution in [0.1, 0.15) is 22.5 Å². The highest BCUT2D eigenvalue weighted by Gasteiger charge is 2.14. The van der Waals surface area contributed by atoms with Crippen LogP contribution in [0.3, 0.4) is 0 Å². The van der Waals surface area contributed by atoms with Crippen molar-refractivity contribution in [2.45, 2.75) is 26.4 Å². The van der Waals surface area contributed by atoms with Gasteiger partial charge in [-0.1, -0.05) is 12.1 Å². The molecule has 7 nitrogen and oxygen atoms in total. The lowest BCUT2D eigenvalue weighted by Crippen LogP contribution is -2.37. The zero-order valence-corrected chi connectivity index (χ0v) is 15.0. The number of nitrogens with one attached hydrogen (secondary N) is 2. The van der Waals surface area contributed by atoms with Gasteiger partial charge in [0.1, 0.15) is 11.9 Å². The van der Waals surface area contributed by atoms with Crippen LogP contribution in [0, 0.1) is 13.8 Å². The van der Waals surface area contributed by atoms with Crippen LogP contribution in [-0.2, 0) is 11.2 Å². The van der Waals surface area contributed by atoms with Gasteiger partial charge >= 0.3 is 0 Å². The summed E-state index contributed by atoms with van der Waals surface area (Å²) in [6.07, 6.45) is -0.420. The monoisotopic (exact) mass is 344 g/mol. The maximum absolute atomic E-state index is 11.3. The summed E-state index contributed by atoms with van der Waals surface area (Å²) < 4.78 is 5.17. The van der Waals surface area contributed by atoms with Gasteiger partial charge in [0.2, 0.25) is 11.9 Å². The smallest absolute Gasteiger partial charge is 0.250 e. The second-order valence-electron chi connectivity index (χ2n) is 5.73. The first kappa shape index (κ1) is 18.7. The fourth-order valence-corrected chi connectivity index (χ4v) is 2.47. The highest BCUT2D eigenvalue weighted by Crippen LogP contribution is 2.19. The molecule has 0 aliphatic rings. The number of amides is 1. The number of nitrogens with zero attached hydrogens (tertiary/aromatic N) is 2. The van der Waals surface area contributed by atoms with Gasteiger partial charge < -0.3 is 20.5 Å². The minimum absolute atomic E-state index is 0.0520. The van der Waals surface area contributed by atoms with E-state index in [0.717, 1.165) is 34.7 Å². The number of ether oxygens (including phenoxy) is 1. The lowest BCUT2D eigenvalue weighted by Gasteiger charge is -2.14. The van der Waals surface area contributed by atoms with Gasteiger partial charge in [-0.3, -0.25) is 4.79 Å². The lowest BCUT2D eigenvalue weighted by molar-refractivity contribution is -0.128. The number of hydrogen-bond donors (Lipinski definition) is 3. The zero-order chi connectivity index (χ0) is 18.4. The Morgan fingerprint density at radius 1 is 1.20 bits per heavy atom. The molecule has 1 aromatic heterocycles. The summed E-state index contributed by atoms with van der Waals surface area (Å²) in [5.41, 5.74) is 3.93. The molecule has 0 aliphatic carbocycles. The van der Waals surface area contributed by atoms with Crippen LogP contribution in [0.15, 0.2) is 24.3 Å². The first-order valence-electron chi connectivity index (χ1n) is 8.05. The highest BCUT2D eigenvalue weighted by atomic mass is 16.5. The Kier molecular flexibility index (Phi) is 6.30. The van der Waals surface area contributed by atoms with Crippen molar-refractivity contribution >= 4 is 11.9 Å². The molecule has 1 unspecified atom stereocenters. The molecule has 2 rings (SSSR count). The van der Waals surface area contributed by atoms with E-state index in [-0.39, 0.29) is 6.54 Å². The Morgan fingerprint density at radius 2 is 1.80 bits per heavy atom. The lowest BCUT2D eigenvalue weighted by atomic mass is 10.0. The molecule has 0 bridgehead atoms. The molecule has 25 heavy (non-hydrogen) atoms. The minimum Gasteiger partial charge on any atom is -0.497 e. The molecule has 0 radical (unpaired) electrons. The number of benzene rings is 1. The van der Waals surface area contributed by atoms with Gasteiger partial charge in [-0.2, -0.15) is 0 Å². The largest absolute Gasteiger partial charge is 0.497 e. The van der Waals surface area contributed by atoms with Crippen molar-refractivity contribution in [3.63, 3.8) is 0 Å². The number of hydrogen-bond acceptors (Lipinski definition) is 6. The molecule has 134 valence electrons. The Morgan fingerprint density at radius 3 is 2.32 bits per heavy atom. The average molecular weight is 344 g/mol. The van der Waals surface area contributed by atoms with Crippen LogP contribution < -0.4 is 15.4 Å². The molecule has 7 heteroatoms. The standard InChI is InChI=1S/C18H24N4O3/c1-11-15(9-13-5-7-14(25-4)8-6-13)12(2)22-18(21-11)20-10-16(23)17(24)19-3/h5-8,16,23H,9-10H2,1-4H3,(H,19,24)(H,20,21,22). The quantitative estimate of drug-likeness (QED) is 0.699. The zero-order valence-electron chi connectivity index (χ0n) is 15.0. The predicted molar refractivity (Wildman–Crippen MR) is 95.9 cm³/mol. The van der Waals surface area contributed by atoms with E-state index < -0.39 is 12.0 Å². The van der Waals surface area contributed by atoms with Crippen molar-refractivity contribution in [1.82, 2.24) is 15.3 Å². The number of carbonyl (C=O) groups is 1. The fourth-order valence-electron chi connectivity index (χ4n) is 2.47. The number of carbonyl (C=O) groups excluding carboxylic acids is 1. The summed E-state index contributed by atoms with van der Waals surface area (Å²) in [6, 6.07) is 7.89. The van der Waals surface area contributed by atoms with Crippen LogP contribution in [0.4, 0.5) is 5.95 Å². The van der Waals surface area contributed by atoms with Crippen molar-refractivity contribution in [2.75, 3.05) is 26.0 Å². The van der Waals surface area contributed by atoms with Crippen LogP contribution in [0.2, 0.25) is 0 Å². The minimum atomic E-state index is -1.15. The molecular formula is C18H24N4O3. The van der Waals surface area contributed by atoms with Crippen molar-refractivity contribution in [3.05, 3.63) is 46.8 Å². The number of rotatable bonds is 7. The van der Waals surface area contributed by atoms with Crippen LogP contribution in [0.5, 0.6) is 5.75 Å². The number of aliphatic hydroxyl groups is 1. The summed E-state index contributed by atoms with van der Waals surface area (Å²) in [6.45, 7) is 3.90. The van der Waals surface area contributed by atoms with E-state index in [1.165, 1.54) is 7.05 Å². The van der Waals surface area contributed by atoms with E-state index in [0.29, 0.717) is 5.95 Å².